The maximum Gasteiger partial charge on any atom is 0.242 e. The van der Waals surface area contributed by atoms with Crippen molar-refractivity contribution in [2.45, 2.75) is 32.6 Å². The van der Waals surface area contributed by atoms with Gasteiger partial charge in [0, 0.05) is 25.0 Å². The highest BCUT2D eigenvalue weighted by atomic mass is 28.4. The van der Waals surface area contributed by atoms with Crippen LogP contribution in [0.5, 0.6) is 5.75 Å². The van der Waals surface area contributed by atoms with Gasteiger partial charge in [-0.15, -0.1) is 0 Å². The van der Waals surface area contributed by atoms with Gasteiger partial charge in [0.2, 0.25) is 8.32 Å². The molecule has 1 unspecified atom stereocenters. The van der Waals surface area contributed by atoms with Crippen molar-refractivity contribution in [2.75, 3.05) is 0 Å². The predicted molar refractivity (Wildman–Crippen MR) is 89.6 cm³/mol. The van der Waals surface area contributed by atoms with Crippen LogP contribution in [0.25, 0.3) is 0 Å². The van der Waals surface area contributed by atoms with E-state index in [1.807, 2.05) is 42.2 Å². The molecule has 1 atom stereocenters. The van der Waals surface area contributed by atoms with Crippen molar-refractivity contribution >= 4 is 14.5 Å². The second kappa shape index (κ2) is 6.26. The highest BCUT2D eigenvalue weighted by molar-refractivity contribution is 6.70. The Morgan fingerprint density at radius 3 is 2.62 bits per heavy atom. The number of para-hydroxylation sites is 1. The predicted octanol–water partition coefficient (Wildman–Crippen LogP) is 3.81. The highest BCUT2D eigenvalue weighted by Crippen LogP contribution is 2.29. The molecule has 1 heterocycles. The van der Waals surface area contributed by atoms with Crippen molar-refractivity contribution in [3.05, 3.63) is 48.0 Å². The number of hydrogen-bond acceptors (Lipinski definition) is 3. The minimum Gasteiger partial charge on any atom is -0.544 e. The van der Waals surface area contributed by atoms with Gasteiger partial charge < -0.3 is 8.99 Å². The number of aromatic nitrogens is 2. The molecular weight excluding hydrogens is 278 g/mol. The number of rotatable bonds is 5. The van der Waals surface area contributed by atoms with Gasteiger partial charge in [-0.2, -0.15) is 0 Å². The molecule has 0 saturated heterocycles. The molecule has 0 aliphatic rings. The maximum atomic E-state index is 6.16. The van der Waals surface area contributed by atoms with Crippen LogP contribution in [0.2, 0.25) is 19.6 Å². The van der Waals surface area contributed by atoms with Crippen LogP contribution in [-0.4, -0.2) is 24.1 Å². The van der Waals surface area contributed by atoms with Gasteiger partial charge in [0.25, 0.3) is 0 Å². The van der Waals surface area contributed by atoms with E-state index in [1.165, 1.54) is 0 Å². The zero-order chi connectivity index (χ0) is 15.5. The molecule has 2 rings (SSSR count). The molecule has 0 N–H and O–H groups in total. The van der Waals surface area contributed by atoms with E-state index in [9.17, 15) is 0 Å². The minimum absolute atomic E-state index is 0.0363. The molecule has 4 nitrogen and oxygen atoms in total. The summed E-state index contributed by atoms with van der Waals surface area (Å²) >= 11 is 0. The molecule has 0 amide bonds. The summed E-state index contributed by atoms with van der Waals surface area (Å²) in [5.41, 5.74) is 1.12. The first kappa shape index (κ1) is 15.5. The SMILES string of the molecule is CC(/N=C/c1nccn1C)c1ccccc1O[Si](C)(C)C. The van der Waals surface area contributed by atoms with Crippen molar-refractivity contribution in [1.29, 1.82) is 0 Å². The van der Waals surface area contributed by atoms with E-state index < -0.39 is 8.32 Å². The van der Waals surface area contributed by atoms with Gasteiger partial charge in [-0.3, -0.25) is 4.99 Å². The van der Waals surface area contributed by atoms with Crippen LogP contribution in [0.15, 0.2) is 41.7 Å². The Balaban J connectivity index is 2.21. The van der Waals surface area contributed by atoms with Gasteiger partial charge in [-0.05, 0) is 32.6 Å². The van der Waals surface area contributed by atoms with Crippen LogP contribution < -0.4 is 4.43 Å². The van der Waals surface area contributed by atoms with E-state index >= 15 is 0 Å². The molecule has 0 fully saturated rings. The Morgan fingerprint density at radius 2 is 2.00 bits per heavy atom. The second-order valence-corrected chi connectivity index (χ2v) is 10.5. The fourth-order valence-electron chi connectivity index (χ4n) is 2.01. The summed E-state index contributed by atoms with van der Waals surface area (Å²) < 4.78 is 8.10. The normalized spacial score (nSPS) is 13.6. The molecular formula is C16H23N3OSi. The van der Waals surface area contributed by atoms with E-state index in [4.69, 9.17) is 4.43 Å². The van der Waals surface area contributed by atoms with Crippen molar-refractivity contribution < 1.29 is 4.43 Å². The molecule has 0 saturated carbocycles. The maximum absolute atomic E-state index is 6.16. The smallest absolute Gasteiger partial charge is 0.242 e. The van der Waals surface area contributed by atoms with Crippen LogP contribution in [0.3, 0.4) is 0 Å². The average Bonchev–Trinajstić information content (AvgIpc) is 2.80. The molecule has 0 aliphatic heterocycles. The first-order chi connectivity index (χ1) is 9.87. The molecule has 0 spiro atoms. The Bertz CT molecular complexity index is 628. The van der Waals surface area contributed by atoms with E-state index in [0.717, 1.165) is 17.1 Å². The summed E-state index contributed by atoms with van der Waals surface area (Å²) in [7, 11) is 0.331. The van der Waals surface area contributed by atoms with Crippen molar-refractivity contribution in [3.8, 4) is 5.75 Å². The molecule has 0 radical (unpaired) electrons. The van der Waals surface area contributed by atoms with Crippen LogP contribution in [0.1, 0.15) is 24.4 Å². The largest absolute Gasteiger partial charge is 0.544 e. The number of nitrogens with zero attached hydrogens (tertiary/aromatic N) is 3. The number of hydrogen-bond donors (Lipinski definition) is 0. The monoisotopic (exact) mass is 301 g/mol. The van der Waals surface area contributed by atoms with Gasteiger partial charge in [0.05, 0.1) is 12.3 Å². The Kier molecular flexibility index (Phi) is 4.62. The van der Waals surface area contributed by atoms with E-state index in [0.29, 0.717) is 0 Å². The van der Waals surface area contributed by atoms with Crippen LogP contribution in [0, 0.1) is 0 Å². The summed E-state index contributed by atoms with van der Waals surface area (Å²) in [5, 5.41) is 0. The van der Waals surface area contributed by atoms with Crippen molar-refractivity contribution in [1.82, 2.24) is 9.55 Å². The summed E-state index contributed by atoms with van der Waals surface area (Å²) in [6.07, 6.45) is 5.50. The number of benzene rings is 1. The first-order valence-electron chi connectivity index (χ1n) is 7.15. The summed E-state index contributed by atoms with van der Waals surface area (Å²) in [4.78, 5) is 8.87. The van der Waals surface area contributed by atoms with Gasteiger partial charge in [0.1, 0.15) is 11.6 Å². The molecule has 1 aromatic carbocycles. The third-order valence-electron chi connectivity index (χ3n) is 3.06. The lowest BCUT2D eigenvalue weighted by molar-refractivity contribution is 0.543. The topological polar surface area (TPSA) is 39.4 Å². The molecule has 112 valence electrons. The summed E-state index contributed by atoms with van der Waals surface area (Å²) in [6, 6.07) is 8.18. The molecule has 2 aromatic rings. The standard InChI is InChI=1S/C16H23N3OSi/c1-13(18-12-16-17-10-11-19(16)2)14-8-6-7-9-15(14)20-21(3,4)5/h6-13H,1-5H3/b18-12+. The van der Waals surface area contributed by atoms with E-state index in [1.54, 1.807) is 6.20 Å². The molecule has 1 aromatic heterocycles. The fourth-order valence-corrected chi connectivity index (χ4v) is 2.85. The zero-order valence-electron chi connectivity index (χ0n) is 13.4. The Morgan fingerprint density at radius 1 is 1.29 bits per heavy atom. The highest BCUT2D eigenvalue weighted by Gasteiger charge is 2.19. The van der Waals surface area contributed by atoms with Gasteiger partial charge in [-0.25, -0.2) is 4.98 Å². The Labute approximate surface area is 127 Å². The summed E-state index contributed by atoms with van der Waals surface area (Å²) in [5.74, 6) is 1.80. The second-order valence-electron chi connectivity index (χ2n) is 6.10. The quantitative estimate of drug-likeness (QED) is 0.622. The Hall–Kier alpha value is -1.88. The lowest BCUT2D eigenvalue weighted by Crippen LogP contribution is -2.29. The zero-order valence-corrected chi connectivity index (χ0v) is 14.4. The summed E-state index contributed by atoms with van der Waals surface area (Å²) in [6.45, 7) is 8.63. The van der Waals surface area contributed by atoms with Crippen molar-refractivity contribution in [2.24, 2.45) is 12.0 Å². The lowest BCUT2D eigenvalue weighted by Gasteiger charge is -2.22. The van der Waals surface area contributed by atoms with Crippen LogP contribution in [-0.2, 0) is 7.05 Å². The molecule has 0 bridgehead atoms. The van der Waals surface area contributed by atoms with Crippen LogP contribution >= 0.6 is 0 Å². The number of imidazole rings is 1. The third kappa shape index (κ3) is 4.29. The fraction of sp³-hybridized carbons (Fsp3) is 0.375. The average molecular weight is 301 g/mol. The number of aliphatic imine (C=N–C) groups is 1. The third-order valence-corrected chi connectivity index (χ3v) is 3.89. The first-order valence-corrected chi connectivity index (χ1v) is 10.6. The van der Waals surface area contributed by atoms with E-state index in [2.05, 4.69) is 42.6 Å². The van der Waals surface area contributed by atoms with Gasteiger partial charge >= 0.3 is 0 Å². The lowest BCUT2D eigenvalue weighted by atomic mass is 10.1. The van der Waals surface area contributed by atoms with Gasteiger partial charge in [0.15, 0.2) is 0 Å². The van der Waals surface area contributed by atoms with Crippen LogP contribution in [0.4, 0.5) is 0 Å². The molecule has 5 heteroatoms. The minimum atomic E-state index is -1.63. The van der Waals surface area contributed by atoms with Crippen molar-refractivity contribution in [3.63, 3.8) is 0 Å². The molecule has 21 heavy (non-hydrogen) atoms. The van der Waals surface area contributed by atoms with E-state index in [-0.39, 0.29) is 6.04 Å². The number of aryl methyl sites for hydroxylation is 1. The van der Waals surface area contributed by atoms with Gasteiger partial charge in [-0.1, -0.05) is 18.2 Å². The molecule has 0 aliphatic carbocycles.